The van der Waals surface area contributed by atoms with Crippen molar-refractivity contribution in [2.45, 2.75) is 25.2 Å². The lowest BCUT2D eigenvalue weighted by molar-refractivity contribution is -0.137. The third-order valence-electron chi connectivity index (χ3n) is 7.84. The van der Waals surface area contributed by atoms with Gasteiger partial charge in [-0.05, 0) is 78.2 Å². The van der Waals surface area contributed by atoms with Gasteiger partial charge in [0.05, 0.1) is 28.0 Å². The lowest BCUT2D eigenvalue weighted by atomic mass is 10.0. The van der Waals surface area contributed by atoms with Crippen LogP contribution in [0.1, 0.15) is 38.8 Å². The highest BCUT2D eigenvalue weighted by Crippen LogP contribution is 2.31. The van der Waals surface area contributed by atoms with Gasteiger partial charge in [0.2, 0.25) is 5.91 Å². The Morgan fingerprint density at radius 3 is 2.29 bits per heavy atom. The lowest BCUT2D eigenvalue weighted by Crippen LogP contribution is -2.38. The van der Waals surface area contributed by atoms with E-state index in [4.69, 9.17) is 0 Å². The number of alkyl halides is 3. The van der Waals surface area contributed by atoms with Gasteiger partial charge in [-0.15, -0.1) is 0 Å². The fourth-order valence-electron chi connectivity index (χ4n) is 5.35. The lowest BCUT2D eigenvalue weighted by Gasteiger charge is -2.18. The van der Waals surface area contributed by atoms with Crippen LogP contribution in [0.25, 0.3) is 22.2 Å². The second-order valence-corrected chi connectivity index (χ2v) is 11.2. The number of amides is 2. The van der Waals surface area contributed by atoms with Crippen LogP contribution in [0.15, 0.2) is 128 Å². The highest BCUT2D eigenvalue weighted by molar-refractivity contribution is 6.08. The van der Waals surface area contributed by atoms with Crippen molar-refractivity contribution in [1.82, 2.24) is 25.6 Å². The van der Waals surface area contributed by atoms with E-state index in [0.717, 1.165) is 28.6 Å². The number of halogens is 3. The number of aromatic nitrogens is 3. The number of hydrogen-bond donors (Lipinski definition) is 3. The molecule has 11 heteroatoms. The summed E-state index contributed by atoms with van der Waals surface area (Å²) in [4.78, 5) is 39.7. The first-order chi connectivity index (χ1) is 23.7. The van der Waals surface area contributed by atoms with E-state index in [0.29, 0.717) is 42.1 Å². The summed E-state index contributed by atoms with van der Waals surface area (Å²) < 4.78 is 39.1. The Labute approximate surface area is 280 Å². The van der Waals surface area contributed by atoms with Crippen LogP contribution in [-0.2, 0) is 23.9 Å². The van der Waals surface area contributed by atoms with Crippen LogP contribution < -0.4 is 16.0 Å². The number of carbonyl (C=O) groups excluding carboxylic acids is 2. The Bertz CT molecular complexity index is 2060. The van der Waals surface area contributed by atoms with Crippen molar-refractivity contribution in [3.8, 4) is 11.3 Å². The Morgan fingerprint density at radius 2 is 1.53 bits per heavy atom. The molecule has 6 aromatic rings. The van der Waals surface area contributed by atoms with Crippen molar-refractivity contribution < 1.29 is 22.8 Å². The van der Waals surface area contributed by atoms with Crippen molar-refractivity contribution in [2.75, 3.05) is 11.9 Å². The van der Waals surface area contributed by atoms with Crippen LogP contribution in [-0.4, -0.2) is 33.3 Å². The molecule has 3 N–H and O–H groups in total. The number of benzene rings is 3. The second kappa shape index (κ2) is 14.9. The highest BCUT2D eigenvalue weighted by atomic mass is 19.4. The van der Waals surface area contributed by atoms with Crippen LogP contribution in [0.3, 0.4) is 0 Å². The van der Waals surface area contributed by atoms with Gasteiger partial charge in [-0.2, -0.15) is 13.2 Å². The fraction of sp³-hybridized carbons (Fsp3) is 0.132. The summed E-state index contributed by atoms with van der Waals surface area (Å²) in [6, 6.07) is 31.5. The van der Waals surface area contributed by atoms with Gasteiger partial charge in [-0.25, -0.2) is 4.98 Å². The van der Waals surface area contributed by atoms with Crippen LogP contribution in [0.4, 0.5) is 19.0 Å². The highest BCUT2D eigenvalue weighted by Gasteiger charge is 2.30. The number of hydrogen-bond acceptors (Lipinski definition) is 6. The molecule has 0 bridgehead atoms. The quantitative estimate of drug-likeness (QED) is 0.136. The molecule has 246 valence electrons. The molecular formula is C38H31F3N6O2. The monoisotopic (exact) mass is 660 g/mol. The van der Waals surface area contributed by atoms with Crippen LogP contribution >= 0.6 is 0 Å². The van der Waals surface area contributed by atoms with Gasteiger partial charge in [-0.1, -0.05) is 54.6 Å². The molecule has 8 nitrogen and oxygen atoms in total. The normalized spacial score (nSPS) is 12.0. The number of rotatable bonds is 11. The van der Waals surface area contributed by atoms with E-state index < -0.39 is 23.7 Å². The van der Waals surface area contributed by atoms with E-state index in [-0.39, 0.29) is 17.2 Å². The molecule has 0 aliphatic rings. The average Bonchev–Trinajstić information content (AvgIpc) is 3.12. The van der Waals surface area contributed by atoms with E-state index in [1.165, 1.54) is 18.3 Å². The summed E-state index contributed by atoms with van der Waals surface area (Å²) in [7, 11) is 0. The number of fused-ring (bicyclic) bond motifs is 1. The van der Waals surface area contributed by atoms with Crippen LogP contribution in [0.2, 0.25) is 0 Å². The first kappa shape index (κ1) is 33.0. The van der Waals surface area contributed by atoms with Crippen molar-refractivity contribution in [3.63, 3.8) is 0 Å². The van der Waals surface area contributed by atoms with Gasteiger partial charge in [-0.3, -0.25) is 24.9 Å². The Hall–Kier alpha value is -5.94. The van der Waals surface area contributed by atoms with Gasteiger partial charge in [0.1, 0.15) is 11.9 Å². The maximum atomic E-state index is 13.3. The predicted molar refractivity (Wildman–Crippen MR) is 181 cm³/mol. The van der Waals surface area contributed by atoms with Crippen molar-refractivity contribution >= 4 is 28.5 Å². The minimum absolute atomic E-state index is 0.174. The molecule has 0 fully saturated rings. The zero-order valence-corrected chi connectivity index (χ0v) is 26.1. The molecule has 0 spiro atoms. The molecule has 3 aromatic heterocycles. The van der Waals surface area contributed by atoms with E-state index in [9.17, 15) is 22.8 Å². The van der Waals surface area contributed by atoms with E-state index in [1.807, 2.05) is 66.7 Å². The summed E-state index contributed by atoms with van der Waals surface area (Å²) in [5.74, 6) is -0.376. The Balaban J connectivity index is 1.12. The minimum Gasteiger partial charge on any atom is -0.354 e. The summed E-state index contributed by atoms with van der Waals surface area (Å²) in [5, 5.41) is 9.95. The Morgan fingerprint density at radius 1 is 0.755 bits per heavy atom. The average molecular weight is 661 g/mol. The van der Waals surface area contributed by atoms with Crippen molar-refractivity contribution in [2.24, 2.45) is 0 Å². The zero-order valence-electron chi connectivity index (χ0n) is 26.1. The van der Waals surface area contributed by atoms with Crippen LogP contribution in [0, 0.1) is 0 Å². The van der Waals surface area contributed by atoms with Crippen LogP contribution in [0.5, 0.6) is 0 Å². The molecule has 49 heavy (non-hydrogen) atoms. The number of nitrogens with zero attached hydrogens (tertiary/aromatic N) is 3. The topological polar surface area (TPSA) is 109 Å². The smallest absolute Gasteiger partial charge is 0.354 e. The van der Waals surface area contributed by atoms with E-state index in [2.05, 4.69) is 30.9 Å². The molecule has 3 heterocycles. The van der Waals surface area contributed by atoms with Crippen molar-refractivity contribution in [1.29, 1.82) is 0 Å². The molecule has 0 unspecified atom stereocenters. The molecule has 0 saturated heterocycles. The standard InChI is InChI=1S/C38H31F3N6O2/c39-38(40,41)29-15-12-27(13-16-29)34-30(9-6-21-43-34)36(48)47-33-18-14-28-23-26(11-17-31(28)46-33)24-45-35(32-10-4-5-20-42-32)37(49)44-22-19-25-7-2-1-3-8-25/h1-18,20-21,23,35,45H,19,22,24H2,(H,44,49)(H,46,47,48)/t35-/m0/s1. The Kier molecular flexibility index (Phi) is 10.0. The number of carbonyl (C=O) groups is 2. The van der Waals surface area contributed by atoms with Crippen molar-refractivity contribution in [3.05, 3.63) is 156 Å². The minimum atomic E-state index is -4.47. The number of pyridine rings is 3. The van der Waals surface area contributed by atoms with Gasteiger partial charge >= 0.3 is 6.18 Å². The molecule has 0 saturated carbocycles. The SMILES string of the molecule is O=C(Nc1ccc2cc(CN[C@H](C(=O)NCCc3ccccc3)c3ccccn3)ccc2n1)c1cccnc1-c1ccc(C(F)(F)F)cc1. The maximum Gasteiger partial charge on any atom is 0.416 e. The molecule has 1 atom stereocenters. The van der Waals surface area contributed by atoms with Gasteiger partial charge in [0.25, 0.3) is 5.91 Å². The molecular weight excluding hydrogens is 629 g/mol. The maximum absolute atomic E-state index is 13.3. The second-order valence-electron chi connectivity index (χ2n) is 11.2. The molecule has 2 amide bonds. The molecule has 0 radical (unpaired) electrons. The summed E-state index contributed by atoms with van der Waals surface area (Å²) >= 11 is 0. The first-order valence-electron chi connectivity index (χ1n) is 15.5. The zero-order chi connectivity index (χ0) is 34.2. The predicted octanol–water partition coefficient (Wildman–Crippen LogP) is 7.15. The molecule has 0 aliphatic heterocycles. The van der Waals surface area contributed by atoms with E-state index >= 15 is 0 Å². The summed E-state index contributed by atoms with van der Waals surface area (Å²) in [6.45, 7) is 0.876. The first-order valence-corrected chi connectivity index (χ1v) is 15.5. The summed E-state index contributed by atoms with van der Waals surface area (Å²) in [6.07, 6.45) is -0.627. The number of anilines is 1. The fourth-order valence-corrected chi connectivity index (χ4v) is 5.35. The third kappa shape index (κ3) is 8.32. The van der Waals surface area contributed by atoms with Gasteiger partial charge in [0.15, 0.2) is 0 Å². The molecule has 0 aliphatic carbocycles. The largest absolute Gasteiger partial charge is 0.416 e. The molecule has 6 rings (SSSR count). The van der Waals surface area contributed by atoms with Gasteiger partial charge < -0.3 is 10.6 Å². The molecule has 3 aromatic carbocycles. The number of nitrogens with one attached hydrogen (secondary N) is 3. The third-order valence-corrected chi connectivity index (χ3v) is 7.84. The van der Waals surface area contributed by atoms with E-state index in [1.54, 1.807) is 30.5 Å². The van der Waals surface area contributed by atoms with Gasteiger partial charge in [0, 0.05) is 36.4 Å². The summed E-state index contributed by atoms with van der Waals surface area (Å²) in [5.41, 5.74) is 3.33.